The van der Waals surface area contributed by atoms with E-state index in [0.29, 0.717) is 19.6 Å². The highest BCUT2D eigenvalue weighted by Gasteiger charge is 2.07. The third-order valence-corrected chi connectivity index (χ3v) is 2.97. The van der Waals surface area contributed by atoms with E-state index in [-0.39, 0.29) is 6.03 Å². The van der Waals surface area contributed by atoms with Gasteiger partial charge in [0.25, 0.3) is 0 Å². The van der Waals surface area contributed by atoms with Gasteiger partial charge in [-0.25, -0.2) is 4.79 Å². The van der Waals surface area contributed by atoms with Crippen molar-refractivity contribution in [1.82, 2.24) is 30.7 Å². The van der Waals surface area contributed by atoms with Crippen LogP contribution in [0, 0.1) is 0 Å². The standard InChI is InChI=1S/C14H20N6O/c1-20(2)14(21)17-7-6-16-9-12-10-18-19-13(12)11-4-3-5-15-8-11/h3-5,8,10,16H,6-7,9H2,1-2H3,(H,17,21)(H,18,19). The summed E-state index contributed by atoms with van der Waals surface area (Å²) in [6, 6.07) is 3.79. The first-order valence-corrected chi connectivity index (χ1v) is 6.77. The number of carbonyl (C=O) groups excluding carboxylic acids is 1. The molecule has 0 atom stereocenters. The molecule has 2 aromatic heterocycles. The van der Waals surface area contributed by atoms with E-state index in [1.165, 1.54) is 4.90 Å². The van der Waals surface area contributed by atoms with Crippen LogP contribution in [0.2, 0.25) is 0 Å². The van der Waals surface area contributed by atoms with E-state index in [9.17, 15) is 4.79 Å². The third kappa shape index (κ3) is 4.28. The average Bonchev–Trinajstić information content (AvgIpc) is 2.96. The number of aromatic nitrogens is 3. The molecule has 112 valence electrons. The number of carbonyl (C=O) groups is 1. The van der Waals surface area contributed by atoms with Crippen molar-refractivity contribution in [3.05, 3.63) is 36.3 Å². The second-order valence-electron chi connectivity index (χ2n) is 4.82. The van der Waals surface area contributed by atoms with Crippen molar-refractivity contribution in [2.24, 2.45) is 0 Å². The molecular formula is C14H20N6O. The van der Waals surface area contributed by atoms with Crippen molar-refractivity contribution in [2.75, 3.05) is 27.2 Å². The molecule has 0 fully saturated rings. The van der Waals surface area contributed by atoms with Gasteiger partial charge in [0.1, 0.15) is 0 Å². The molecule has 0 aliphatic carbocycles. The number of amides is 2. The van der Waals surface area contributed by atoms with Gasteiger partial charge in [0.2, 0.25) is 0 Å². The van der Waals surface area contributed by atoms with Crippen LogP contribution in [-0.2, 0) is 6.54 Å². The zero-order valence-corrected chi connectivity index (χ0v) is 12.3. The zero-order chi connectivity index (χ0) is 15.1. The second kappa shape index (κ2) is 7.39. The molecule has 0 bridgehead atoms. The van der Waals surface area contributed by atoms with Crippen LogP contribution in [-0.4, -0.2) is 53.3 Å². The maximum atomic E-state index is 11.3. The highest BCUT2D eigenvalue weighted by molar-refractivity contribution is 5.73. The minimum Gasteiger partial charge on any atom is -0.337 e. The fourth-order valence-electron chi connectivity index (χ4n) is 1.84. The summed E-state index contributed by atoms with van der Waals surface area (Å²) in [6.45, 7) is 1.95. The number of rotatable bonds is 6. The molecule has 21 heavy (non-hydrogen) atoms. The maximum absolute atomic E-state index is 11.3. The van der Waals surface area contributed by atoms with Gasteiger partial charge < -0.3 is 15.5 Å². The largest absolute Gasteiger partial charge is 0.337 e. The van der Waals surface area contributed by atoms with Gasteiger partial charge in [-0.2, -0.15) is 5.10 Å². The Labute approximate surface area is 123 Å². The van der Waals surface area contributed by atoms with Crippen molar-refractivity contribution in [2.45, 2.75) is 6.54 Å². The Kier molecular flexibility index (Phi) is 5.28. The van der Waals surface area contributed by atoms with E-state index in [4.69, 9.17) is 0 Å². The quantitative estimate of drug-likeness (QED) is 0.687. The highest BCUT2D eigenvalue weighted by atomic mass is 16.2. The minimum absolute atomic E-state index is 0.0869. The van der Waals surface area contributed by atoms with E-state index in [0.717, 1.165) is 16.8 Å². The van der Waals surface area contributed by atoms with Gasteiger partial charge in [-0.05, 0) is 12.1 Å². The Balaban J connectivity index is 1.80. The summed E-state index contributed by atoms with van der Waals surface area (Å²) in [6.07, 6.45) is 5.34. The molecule has 0 aromatic carbocycles. The van der Waals surface area contributed by atoms with Crippen LogP contribution in [0.25, 0.3) is 11.3 Å². The van der Waals surface area contributed by atoms with Gasteiger partial charge in [-0.3, -0.25) is 10.1 Å². The molecule has 3 N–H and O–H groups in total. The Morgan fingerprint density at radius 2 is 2.19 bits per heavy atom. The third-order valence-electron chi connectivity index (χ3n) is 2.97. The Morgan fingerprint density at radius 1 is 1.33 bits per heavy atom. The van der Waals surface area contributed by atoms with Crippen molar-refractivity contribution in [1.29, 1.82) is 0 Å². The van der Waals surface area contributed by atoms with E-state index < -0.39 is 0 Å². The maximum Gasteiger partial charge on any atom is 0.316 e. The summed E-state index contributed by atoms with van der Waals surface area (Å²) < 4.78 is 0. The predicted molar refractivity (Wildman–Crippen MR) is 80.6 cm³/mol. The van der Waals surface area contributed by atoms with Crippen LogP contribution in [0.15, 0.2) is 30.7 Å². The normalized spacial score (nSPS) is 10.4. The Morgan fingerprint density at radius 3 is 2.90 bits per heavy atom. The topological polar surface area (TPSA) is 85.9 Å². The number of H-pyrrole nitrogens is 1. The lowest BCUT2D eigenvalue weighted by atomic mass is 10.1. The van der Waals surface area contributed by atoms with Crippen molar-refractivity contribution >= 4 is 6.03 Å². The predicted octanol–water partition coefficient (Wildman–Crippen LogP) is 0.833. The van der Waals surface area contributed by atoms with Gasteiger partial charge >= 0.3 is 6.03 Å². The molecule has 0 saturated heterocycles. The van der Waals surface area contributed by atoms with Crippen LogP contribution < -0.4 is 10.6 Å². The van der Waals surface area contributed by atoms with Crippen LogP contribution >= 0.6 is 0 Å². The molecule has 0 aliphatic heterocycles. The van der Waals surface area contributed by atoms with Gasteiger partial charge in [0, 0.05) is 57.3 Å². The fraction of sp³-hybridized carbons (Fsp3) is 0.357. The number of nitrogens with one attached hydrogen (secondary N) is 3. The summed E-state index contributed by atoms with van der Waals surface area (Å²) in [5.41, 5.74) is 3.04. The van der Waals surface area contributed by atoms with Crippen LogP contribution in [0.3, 0.4) is 0 Å². The van der Waals surface area contributed by atoms with E-state index in [2.05, 4.69) is 25.8 Å². The molecule has 0 saturated carbocycles. The zero-order valence-electron chi connectivity index (χ0n) is 12.3. The molecule has 7 nitrogen and oxygen atoms in total. The molecule has 7 heteroatoms. The van der Waals surface area contributed by atoms with Gasteiger partial charge in [-0.15, -0.1) is 0 Å². The molecule has 0 aliphatic rings. The molecule has 2 amide bonds. The monoisotopic (exact) mass is 288 g/mol. The molecule has 0 unspecified atom stereocenters. The summed E-state index contributed by atoms with van der Waals surface area (Å²) in [5.74, 6) is 0. The molecule has 0 spiro atoms. The molecule has 2 aromatic rings. The Bertz CT molecular complexity index is 566. The molecule has 0 radical (unpaired) electrons. The summed E-state index contributed by atoms with van der Waals surface area (Å²) >= 11 is 0. The number of pyridine rings is 1. The molecule has 2 rings (SSSR count). The lowest BCUT2D eigenvalue weighted by Gasteiger charge is -2.12. The second-order valence-corrected chi connectivity index (χ2v) is 4.82. The van der Waals surface area contributed by atoms with Crippen molar-refractivity contribution < 1.29 is 4.79 Å². The minimum atomic E-state index is -0.0869. The van der Waals surface area contributed by atoms with E-state index >= 15 is 0 Å². The van der Waals surface area contributed by atoms with Gasteiger partial charge in [0.05, 0.1) is 11.9 Å². The Hall–Kier alpha value is -2.41. The number of hydrogen-bond acceptors (Lipinski definition) is 4. The molecule has 2 heterocycles. The summed E-state index contributed by atoms with van der Waals surface area (Å²) in [7, 11) is 3.43. The number of nitrogens with zero attached hydrogens (tertiary/aromatic N) is 3. The van der Waals surface area contributed by atoms with E-state index in [1.807, 2.05) is 12.1 Å². The SMILES string of the molecule is CN(C)C(=O)NCCNCc1cn[nH]c1-c1cccnc1. The average molecular weight is 288 g/mol. The van der Waals surface area contributed by atoms with Gasteiger partial charge in [-0.1, -0.05) is 0 Å². The first kappa shape index (κ1) is 15.0. The highest BCUT2D eigenvalue weighted by Crippen LogP contribution is 2.19. The lowest BCUT2D eigenvalue weighted by molar-refractivity contribution is 0.217. The summed E-state index contributed by atoms with van der Waals surface area (Å²) in [4.78, 5) is 17.0. The summed E-state index contributed by atoms with van der Waals surface area (Å²) in [5, 5.41) is 13.1. The van der Waals surface area contributed by atoms with Crippen LogP contribution in [0.4, 0.5) is 4.79 Å². The van der Waals surface area contributed by atoms with E-state index in [1.54, 1.807) is 32.7 Å². The fourth-order valence-corrected chi connectivity index (χ4v) is 1.84. The first-order chi connectivity index (χ1) is 10.2. The molecular weight excluding hydrogens is 268 g/mol. The number of hydrogen-bond donors (Lipinski definition) is 3. The number of urea groups is 1. The van der Waals surface area contributed by atoms with Crippen LogP contribution in [0.1, 0.15) is 5.56 Å². The first-order valence-electron chi connectivity index (χ1n) is 6.77. The van der Waals surface area contributed by atoms with Gasteiger partial charge in [0.15, 0.2) is 0 Å². The number of aromatic amines is 1. The lowest BCUT2D eigenvalue weighted by Crippen LogP contribution is -2.38. The van der Waals surface area contributed by atoms with Crippen LogP contribution in [0.5, 0.6) is 0 Å². The smallest absolute Gasteiger partial charge is 0.316 e. The van der Waals surface area contributed by atoms with Crippen molar-refractivity contribution in [3.63, 3.8) is 0 Å². The van der Waals surface area contributed by atoms with Crippen molar-refractivity contribution in [3.8, 4) is 11.3 Å².